The second-order valence-electron chi connectivity index (χ2n) is 13.5. The molecule has 0 bridgehead atoms. The average molecular weight is 450 g/mol. The zero-order chi connectivity index (χ0) is 23.5. The van der Waals surface area contributed by atoms with Crippen LogP contribution in [0.3, 0.4) is 0 Å². The first-order valence-electron chi connectivity index (χ1n) is 13.7. The van der Waals surface area contributed by atoms with Gasteiger partial charge in [0.1, 0.15) is 11.2 Å². The largest absolute Gasteiger partial charge is 0.393 e. The fourth-order valence-electron chi connectivity index (χ4n) is 9.76. The molecule has 3 unspecified atom stereocenters. The van der Waals surface area contributed by atoms with Crippen molar-refractivity contribution in [3.63, 3.8) is 0 Å². The van der Waals surface area contributed by atoms with Crippen molar-refractivity contribution >= 4 is 0 Å². The third-order valence-corrected chi connectivity index (χ3v) is 11.6. The number of rotatable bonds is 6. The minimum atomic E-state index is -1.30. The molecule has 0 amide bonds. The Balaban J connectivity index is 1.60. The van der Waals surface area contributed by atoms with E-state index in [9.17, 15) is 15.3 Å². The van der Waals surface area contributed by atoms with Gasteiger partial charge in [0.2, 0.25) is 0 Å². The maximum absolute atomic E-state index is 12.0. The molecule has 0 heterocycles. The summed E-state index contributed by atoms with van der Waals surface area (Å²) in [4.78, 5) is 0. The highest BCUT2D eigenvalue weighted by Gasteiger charge is 2.71. The molecule has 0 aromatic carbocycles. The summed E-state index contributed by atoms with van der Waals surface area (Å²) < 4.78 is 0. The lowest BCUT2D eigenvalue weighted by molar-refractivity contribution is -0.303. The molecule has 186 valence electrons. The van der Waals surface area contributed by atoms with Gasteiger partial charge in [0.15, 0.2) is 0 Å². The van der Waals surface area contributed by atoms with Crippen molar-refractivity contribution in [3.05, 3.63) is 0 Å². The molecule has 0 aliphatic heterocycles. The Bertz CT molecular complexity index is 684. The summed E-state index contributed by atoms with van der Waals surface area (Å²) in [5, 5.41) is 34.2. The number of hydrogen-bond acceptors (Lipinski definition) is 4. The van der Waals surface area contributed by atoms with Gasteiger partial charge in [-0.2, -0.15) is 0 Å². The topological polar surface area (TPSA) is 86.7 Å². The normalized spacial score (nSPS) is 51.8. The standard InChI is InChI=1S/C28H51NO3/c1-18(2)7-6-8-19(3)22-9-10-23-21-16-27(31,17-29)28(32)15-20(30)11-14-26(28,5)24(21)12-13-25(22,23)4/h18-24,30-32H,6-17,29H2,1-5H3/t19-,20?,21+,22-,23+,24+,25-,26-,27?,28?/m1/s1. The molecule has 0 aromatic rings. The average Bonchev–Trinajstić information content (AvgIpc) is 3.07. The van der Waals surface area contributed by atoms with Gasteiger partial charge < -0.3 is 21.1 Å². The molecule has 32 heavy (non-hydrogen) atoms. The van der Waals surface area contributed by atoms with Crippen LogP contribution in [0.15, 0.2) is 0 Å². The van der Waals surface area contributed by atoms with E-state index in [4.69, 9.17) is 5.73 Å². The Hall–Kier alpha value is -0.160. The van der Waals surface area contributed by atoms with E-state index in [1.165, 1.54) is 38.5 Å². The maximum Gasteiger partial charge on any atom is 0.106 e. The van der Waals surface area contributed by atoms with E-state index in [2.05, 4.69) is 34.6 Å². The van der Waals surface area contributed by atoms with Gasteiger partial charge in [-0.15, -0.1) is 0 Å². The van der Waals surface area contributed by atoms with Crippen molar-refractivity contribution in [1.82, 2.24) is 0 Å². The molecule has 0 radical (unpaired) electrons. The summed E-state index contributed by atoms with van der Waals surface area (Å²) in [5.74, 6) is 3.78. The van der Waals surface area contributed by atoms with Crippen molar-refractivity contribution in [2.75, 3.05) is 6.54 Å². The Morgan fingerprint density at radius 1 is 0.906 bits per heavy atom. The zero-order valence-corrected chi connectivity index (χ0v) is 21.4. The van der Waals surface area contributed by atoms with Gasteiger partial charge in [-0.3, -0.25) is 0 Å². The first-order valence-corrected chi connectivity index (χ1v) is 13.7. The Morgan fingerprint density at radius 3 is 2.28 bits per heavy atom. The van der Waals surface area contributed by atoms with E-state index in [1.54, 1.807) is 0 Å². The van der Waals surface area contributed by atoms with E-state index < -0.39 is 17.3 Å². The summed E-state index contributed by atoms with van der Waals surface area (Å²) in [6, 6.07) is 0. The lowest BCUT2D eigenvalue weighted by atomic mass is 9.39. The summed E-state index contributed by atoms with van der Waals surface area (Å²) in [7, 11) is 0. The lowest BCUT2D eigenvalue weighted by Crippen LogP contribution is -2.75. The van der Waals surface area contributed by atoms with Crippen LogP contribution in [-0.4, -0.2) is 39.2 Å². The minimum Gasteiger partial charge on any atom is -0.393 e. The molecule has 4 rings (SSSR count). The molecule has 0 saturated heterocycles. The molecule has 10 atom stereocenters. The van der Waals surface area contributed by atoms with Crippen LogP contribution in [0, 0.1) is 46.3 Å². The predicted molar refractivity (Wildman–Crippen MR) is 130 cm³/mol. The van der Waals surface area contributed by atoms with Crippen LogP contribution in [0.1, 0.15) is 105 Å². The van der Waals surface area contributed by atoms with Crippen molar-refractivity contribution in [2.45, 2.75) is 123 Å². The van der Waals surface area contributed by atoms with Crippen LogP contribution in [0.4, 0.5) is 0 Å². The predicted octanol–water partition coefficient (Wildman–Crippen LogP) is 4.88. The molecule has 4 nitrogen and oxygen atoms in total. The molecule has 4 aliphatic rings. The Kier molecular flexibility index (Phi) is 6.63. The van der Waals surface area contributed by atoms with Gasteiger partial charge in [0.25, 0.3) is 0 Å². The van der Waals surface area contributed by atoms with E-state index in [-0.39, 0.29) is 18.4 Å². The van der Waals surface area contributed by atoms with Crippen LogP contribution in [-0.2, 0) is 0 Å². The Labute approximate surface area is 196 Å². The highest BCUT2D eigenvalue weighted by atomic mass is 16.4. The summed E-state index contributed by atoms with van der Waals surface area (Å²) in [5.41, 5.74) is 3.57. The highest BCUT2D eigenvalue weighted by molar-refractivity contribution is 5.22. The number of nitrogens with two attached hydrogens (primary N) is 1. The SMILES string of the molecule is CC(C)CCC[C@@H](C)[C@H]1CC[C@H]2[C@@H]3CC(O)(CN)C4(O)CC(O)CC[C@]4(C)[C@H]3CC[C@]12C. The molecule has 0 spiro atoms. The zero-order valence-electron chi connectivity index (χ0n) is 21.4. The summed E-state index contributed by atoms with van der Waals surface area (Å²) in [6.07, 6.45) is 10.8. The molecule has 4 fully saturated rings. The number of aliphatic hydroxyl groups excluding tert-OH is 1. The minimum absolute atomic E-state index is 0.0769. The highest BCUT2D eigenvalue weighted by Crippen LogP contribution is 2.70. The lowest BCUT2D eigenvalue weighted by Gasteiger charge is -2.68. The van der Waals surface area contributed by atoms with E-state index in [1.807, 2.05) is 0 Å². The van der Waals surface area contributed by atoms with Crippen LogP contribution in [0.25, 0.3) is 0 Å². The van der Waals surface area contributed by atoms with Crippen molar-refractivity contribution in [3.8, 4) is 0 Å². The van der Waals surface area contributed by atoms with Crippen LogP contribution < -0.4 is 5.73 Å². The molecule has 4 heteroatoms. The van der Waals surface area contributed by atoms with Gasteiger partial charge in [0, 0.05) is 18.4 Å². The van der Waals surface area contributed by atoms with Crippen molar-refractivity contribution in [2.24, 2.45) is 52.1 Å². The fraction of sp³-hybridized carbons (Fsp3) is 1.00. The fourth-order valence-corrected chi connectivity index (χ4v) is 9.76. The van der Waals surface area contributed by atoms with Gasteiger partial charge in [-0.25, -0.2) is 0 Å². The molecular weight excluding hydrogens is 398 g/mol. The molecular formula is C28H51NO3. The Morgan fingerprint density at radius 2 is 1.62 bits per heavy atom. The van der Waals surface area contributed by atoms with Crippen LogP contribution in [0.2, 0.25) is 0 Å². The van der Waals surface area contributed by atoms with E-state index in [0.717, 1.165) is 37.0 Å². The number of aliphatic hydroxyl groups is 3. The number of hydrogen-bond donors (Lipinski definition) is 4. The monoisotopic (exact) mass is 449 g/mol. The second kappa shape index (κ2) is 8.50. The first-order chi connectivity index (χ1) is 14.9. The van der Waals surface area contributed by atoms with Crippen molar-refractivity contribution in [1.29, 1.82) is 0 Å². The van der Waals surface area contributed by atoms with Crippen LogP contribution in [0.5, 0.6) is 0 Å². The third kappa shape index (κ3) is 3.53. The van der Waals surface area contributed by atoms with Crippen LogP contribution >= 0.6 is 0 Å². The summed E-state index contributed by atoms with van der Waals surface area (Å²) >= 11 is 0. The molecule has 0 aromatic heterocycles. The third-order valence-electron chi connectivity index (χ3n) is 11.6. The summed E-state index contributed by atoms with van der Waals surface area (Å²) in [6.45, 7) is 12.0. The van der Waals surface area contributed by atoms with E-state index >= 15 is 0 Å². The smallest absolute Gasteiger partial charge is 0.106 e. The molecule has 4 saturated carbocycles. The van der Waals surface area contributed by atoms with Gasteiger partial charge in [0.05, 0.1) is 6.10 Å². The van der Waals surface area contributed by atoms with Gasteiger partial charge in [-0.05, 0) is 85.9 Å². The first kappa shape index (κ1) is 24.9. The second-order valence-corrected chi connectivity index (χ2v) is 13.5. The van der Waals surface area contributed by atoms with Crippen molar-refractivity contribution < 1.29 is 15.3 Å². The maximum atomic E-state index is 12.0. The number of fused-ring (bicyclic) bond motifs is 5. The van der Waals surface area contributed by atoms with Gasteiger partial charge >= 0.3 is 0 Å². The quantitative estimate of drug-likeness (QED) is 0.465. The molecule has 5 N–H and O–H groups in total. The van der Waals surface area contributed by atoms with E-state index in [0.29, 0.717) is 29.6 Å². The van der Waals surface area contributed by atoms with Gasteiger partial charge in [-0.1, -0.05) is 53.9 Å². The molecule has 4 aliphatic carbocycles.